The number of aryl methyl sites for hydroxylation is 1. The lowest BCUT2D eigenvalue weighted by atomic mass is 9.55. The van der Waals surface area contributed by atoms with Crippen molar-refractivity contribution in [3.8, 4) is 0 Å². The maximum Gasteiger partial charge on any atom is 0.306 e. The Kier molecular flexibility index (Phi) is 7.94. The van der Waals surface area contributed by atoms with Crippen molar-refractivity contribution in [3.05, 3.63) is 98.0 Å². The Morgan fingerprint density at radius 2 is 1.43 bits per heavy atom. The zero-order valence-electron chi connectivity index (χ0n) is 23.1. The van der Waals surface area contributed by atoms with Crippen LogP contribution < -0.4 is 5.32 Å². The van der Waals surface area contributed by atoms with Crippen molar-refractivity contribution >= 4 is 56.9 Å². The minimum absolute atomic E-state index is 0.0864. The van der Waals surface area contributed by atoms with Crippen LogP contribution in [0.4, 0.5) is 5.69 Å². The lowest BCUT2D eigenvalue weighted by Gasteiger charge is -2.45. The number of esters is 1. The Labute approximate surface area is 257 Å². The molecule has 1 aliphatic heterocycles. The van der Waals surface area contributed by atoms with Crippen molar-refractivity contribution in [3.63, 3.8) is 0 Å². The minimum Gasteiger partial charge on any atom is -0.456 e. The average Bonchev–Trinajstić information content (AvgIpc) is 3.24. The van der Waals surface area contributed by atoms with Gasteiger partial charge < -0.3 is 10.1 Å². The number of nitrogens with one attached hydrogen (secondary N) is 1. The summed E-state index contributed by atoms with van der Waals surface area (Å²) in [4.78, 5) is 53.2. The van der Waals surface area contributed by atoms with Crippen LogP contribution in [0.5, 0.6) is 0 Å². The van der Waals surface area contributed by atoms with Gasteiger partial charge in [-0.2, -0.15) is 0 Å². The SMILES string of the molecule is Cc1cc(Br)c(Cl)cc1NC(=O)COC(=O)CCCCCN1C(=O)[C@H]2C3c4ccccc4C(c4ccccc43)[C@@H]2C1=O. The first-order chi connectivity index (χ1) is 20.3. The van der Waals surface area contributed by atoms with Gasteiger partial charge in [0.25, 0.3) is 5.91 Å². The van der Waals surface area contributed by atoms with Crippen LogP contribution in [-0.2, 0) is 23.9 Å². The van der Waals surface area contributed by atoms with Gasteiger partial charge in [0.05, 0.1) is 16.9 Å². The molecular formula is C33H30BrClN2O5. The van der Waals surface area contributed by atoms with Gasteiger partial charge in [-0.1, -0.05) is 66.6 Å². The maximum atomic E-state index is 13.7. The number of likely N-dealkylation sites (tertiary alicyclic amines) is 1. The molecule has 3 amide bonds. The molecule has 9 heteroatoms. The van der Waals surface area contributed by atoms with Crippen molar-refractivity contribution in [2.45, 2.75) is 44.4 Å². The third-order valence-corrected chi connectivity index (χ3v) is 9.91. The summed E-state index contributed by atoms with van der Waals surface area (Å²) >= 11 is 9.44. The van der Waals surface area contributed by atoms with Crippen LogP contribution in [0, 0.1) is 18.8 Å². The zero-order chi connectivity index (χ0) is 29.5. The number of imide groups is 1. The summed E-state index contributed by atoms with van der Waals surface area (Å²) in [5.74, 6) is -2.04. The topological polar surface area (TPSA) is 92.8 Å². The summed E-state index contributed by atoms with van der Waals surface area (Å²) in [5, 5.41) is 3.17. The molecule has 0 spiro atoms. The normalized spacial score (nSPS) is 21.5. The van der Waals surface area contributed by atoms with E-state index in [1.165, 1.54) is 4.90 Å². The Hall–Kier alpha value is -3.49. The van der Waals surface area contributed by atoms with Crippen LogP contribution in [0.3, 0.4) is 0 Å². The van der Waals surface area contributed by atoms with Crippen molar-refractivity contribution in [2.75, 3.05) is 18.5 Å². The summed E-state index contributed by atoms with van der Waals surface area (Å²) < 4.78 is 5.86. The molecule has 3 aliphatic carbocycles. The first-order valence-corrected chi connectivity index (χ1v) is 15.4. The van der Waals surface area contributed by atoms with Gasteiger partial charge in [-0.25, -0.2) is 0 Å². The highest BCUT2D eigenvalue weighted by atomic mass is 79.9. The number of carbonyl (C=O) groups is 4. The number of amides is 3. The molecular weight excluding hydrogens is 620 g/mol. The minimum atomic E-state index is -0.470. The Balaban J connectivity index is 0.992. The smallest absolute Gasteiger partial charge is 0.306 e. The monoisotopic (exact) mass is 648 g/mol. The number of hydrogen-bond acceptors (Lipinski definition) is 5. The van der Waals surface area contributed by atoms with Crippen LogP contribution in [0.2, 0.25) is 5.02 Å². The van der Waals surface area contributed by atoms with Crippen molar-refractivity contribution in [1.29, 1.82) is 0 Å². The van der Waals surface area contributed by atoms with Crippen LogP contribution in [0.15, 0.2) is 65.1 Å². The highest BCUT2D eigenvalue weighted by Gasteiger charge is 2.61. The molecule has 7 nitrogen and oxygen atoms in total. The fourth-order valence-electron chi connectivity index (χ4n) is 6.86. The molecule has 0 radical (unpaired) electrons. The second-order valence-electron chi connectivity index (χ2n) is 11.2. The van der Waals surface area contributed by atoms with Crippen molar-refractivity contribution in [2.24, 2.45) is 11.8 Å². The molecule has 0 unspecified atom stereocenters. The van der Waals surface area contributed by atoms with Crippen LogP contribution in [0.1, 0.15) is 65.3 Å². The fraction of sp³-hybridized carbons (Fsp3) is 0.333. The van der Waals surface area contributed by atoms with Crippen molar-refractivity contribution in [1.82, 2.24) is 4.90 Å². The van der Waals surface area contributed by atoms with E-state index in [9.17, 15) is 19.2 Å². The van der Waals surface area contributed by atoms with E-state index in [1.807, 2.05) is 31.2 Å². The van der Waals surface area contributed by atoms with E-state index in [0.29, 0.717) is 36.5 Å². The highest BCUT2D eigenvalue weighted by molar-refractivity contribution is 9.10. The molecule has 42 heavy (non-hydrogen) atoms. The summed E-state index contributed by atoms with van der Waals surface area (Å²) in [5.41, 5.74) is 6.02. The lowest BCUT2D eigenvalue weighted by Crippen LogP contribution is -2.41. The number of nitrogens with zero attached hydrogens (tertiary/aromatic N) is 1. The van der Waals surface area contributed by atoms with Gasteiger partial charge in [0.2, 0.25) is 11.8 Å². The number of anilines is 1. The van der Waals surface area contributed by atoms with E-state index in [4.69, 9.17) is 16.3 Å². The molecule has 1 saturated heterocycles. The quantitative estimate of drug-likeness (QED) is 0.166. The van der Waals surface area contributed by atoms with Crippen LogP contribution >= 0.6 is 27.5 Å². The number of carbonyl (C=O) groups excluding carboxylic acids is 4. The Morgan fingerprint density at radius 3 is 1.98 bits per heavy atom. The molecule has 4 aliphatic rings. The van der Waals surface area contributed by atoms with E-state index in [1.54, 1.807) is 12.1 Å². The molecule has 2 atom stereocenters. The Morgan fingerprint density at radius 1 is 0.881 bits per heavy atom. The summed E-state index contributed by atoms with van der Waals surface area (Å²) in [6.07, 6.45) is 1.94. The highest BCUT2D eigenvalue weighted by Crippen LogP contribution is 2.60. The summed E-state index contributed by atoms with van der Waals surface area (Å²) in [6.45, 7) is 1.78. The van der Waals surface area contributed by atoms with E-state index < -0.39 is 18.5 Å². The van der Waals surface area contributed by atoms with Gasteiger partial charge in [0.1, 0.15) is 0 Å². The Bertz CT molecular complexity index is 1490. The standard InChI is InChI=1S/C33H30BrClN2O5/c1-18-15-23(34)24(35)16-25(18)36-26(38)17-42-27(39)13-3-2-8-14-37-32(40)30-28-19-9-4-5-10-20(19)29(31(30)33(37)41)22-12-7-6-11-21(22)28/h4-7,9-12,15-16,28-31H,2-3,8,13-14,17H2,1H3,(H,36,38)/t28?,29?,30-,31-/m0/s1. The summed E-state index contributed by atoms with van der Waals surface area (Å²) in [6, 6.07) is 19.8. The second kappa shape index (κ2) is 11.7. The second-order valence-corrected chi connectivity index (χ2v) is 12.5. The third-order valence-electron chi connectivity index (χ3n) is 8.71. The molecule has 1 N–H and O–H groups in total. The zero-order valence-corrected chi connectivity index (χ0v) is 25.4. The van der Waals surface area contributed by atoms with Gasteiger partial charge in [-0.05, 0) is 75.6 Å². The van der Waals surface area contributed by atoms with E-state index in [-0.39, 0.29) is 41.9 Å². The number of halogens is 2. The number of rotatable bonds is 9. The first kappa shape index (κ1) is 28.6. The molecule has 7 rings (SSSR count). The molecule has 216 valence electrons. The van der Waals surface area contributed by atoms with E-state index >= 15 is 0 Å². The van der Waals surface area contributed by atoms with Crippen molar-refractivity contribution < 1.29 is 23.9 Å². The van der Waals surface area contributed by atoms with Gasteiger partial charge in [-0.15, -0.1) is 0 Å². The molecule has 2 bridgehead atoms. The molecule has 3 aromatic carbocycles. The maximum absolute atomic E-state index is 13.7. The predicted octanol–water partition coefficient (Wildman–Crippen LogP) is 6.35. The van der Waals surface area contributed by atoms with Crippen LogP contribution in [0.25, 0.3) is 0 Å². The fourth-order valence-corrected chi connectivity index (χ4v) is 7.48. The third kappa shape index (κ3) is 5.05. The van der Waals surface area contributed by atoms with Gasteiger partial charge in [0, 0.05) is 35.0 Å². The molecule has 1 heterocycles. The lowest BCUT2D eigenvalue weighted by molar-refractivity contribution is -0.147. The van der Waals surface area contributed by atoms with Gasteiger partial charge >= 0.3 is 5.97 Å². The largest absolute Gasteiger partial charge is 0.456 e. The summed E-state index contributed by atoms with van der Waals surface area (Å²) in [7, 11) is 0. The number of unbranched alkanes of at least 4 members (excludes halogenated alkanes) is 2. The number of benzene rings is 3. The molecule has 1 fully saturated rings. The average molecular weight is 650 g/mol. The first-order valence-electron chi connectivity index (χ1n) is 14.2. The molecule has 0 aromatic heterocycles. The van der Waals surface area contributed by atoms with Crippen LogP contribution in [-0.4, -0.2) is 41.7 Å². The van der Waals surface area contributed by atoms with E-state index in [2.05, 4.69) is 45.5 Å². The molecule has 0 saturated carbocycles. The van der Waals surface area contributed by atoms with Gasteiger partial charge in [0.15, 0.2) is 6.61 Å². The van der Waals surface area contributed by atoms with Gasteiger partial charge in [-0.3, -0.25) is 24.1 Å². The number of hydrogen-bond donors (Lipinski definition) is 1. The van der Waals surface area contributed by atoms with E-state index in [0.717, 1.165) is 32.3 Å². The molecule has 3 aromatic rings. The predicted molar refractivity (Wildman–Crippen MR) is 162 cm³/mol. The number of ether oxygens (including phenoxy) is 1.